The molecule has 0 atom stereocenters. The summed E-state index contributed by atoms with van der Waals surface area (Å²) in [7, 11) is 2.81. The van der Waals surface area contributed by atoms with E-state index in [2.05, 4.69) is 4.98 Å². The van der Waals surface area contributed by atoms with Crippen LogP contribution in [0.3, 0.4) is 0 Å². The predicted octanol–water partition coefficient (Wildman–Crippen LogP) is 5.20. The lowest BCUT2D eigenvalue weighted by atomic mass is 9.93. The minimum atomic E-state index is -4.93. The maximum absolute atomic E-state index is 13.7. The van der Waals surface area contributed by atoms with Crippen molar-refractivity contribution in [3.05, 3.63) is 76.1 Å². The highest BCUT2D eigenvalue weighted by atomic mass is 35.5. The van der Waals surface area contributed by atoms with Crippen molar-refractivity contribution in [3.63, 3.8) is 0 Å². The van der Waals surface area contributed by atoms with Gasteiger partial charge in [0, 0.05) is 35.0 Å². The number of rotatable bonds is 6. The van der Waals surface area contributed by atoms with Crippen LogP contribution in [-0.4, -0.2) is 36.1 Å². The van der Waals surface area contributed by atoms with E-state index >= 15 is 0 Å². The number of aromatic nitrogens is 1. The van der Waals surface area contributed by atoms with Crippen LogP contribution in [0.1, 0.15) is 27.2 Å². The summed E-state index contributed by atoms with van der Waals surface area (Å²) in [6, 6.07) is 11.5. The molecular weight excluding hydrogens is 487 g/mol. The van der Waals surface area contributed by atoms with Crippen molar-refractivity contribution >= 4 is 29.2 Å². The second-order valence-corrected chi connectivity index (χ2v) is 7.69. The van der Waals surface area contributed by atoms with E-state index < -0.39 is 35.7 Å². The van der Waals surface area contributed by atoms with Crippen LogP contribution in [0.25, 0.3) is 11.1 Å². The van der Waals surface area contributed by atoms with E-state index in [9.17, 15) is 33.1 Å². The molecule has 3 rings (SSSR count). The van der Waals surface area contributed by atoms with Gasteiger partial charge in [-0.15, -0.1) is 0 Å². The molecule has 0 radical (unpaired) electrons. The quantitative estimate of drug-likeness (QED) is 0.495. The van der Waals surface area contributed by atoms with Gasteiger partial charge in [0.05, 0.1) is 30.9 Å². The number of carbonyl (C=O) groups excluding carboxylic acids is 1. The topological polar surface area (TPSA) is 104 Å². The Hall–Kier alpha value is -4.10. The molecule has 0 saturated heterocycles. The zero-order valence-electron chi connectivity index (χ0n) is 18.4. The number of alkyl halides is 3. The van der Waals surface area contributed by atoms with Gasteiger partial charge in [-0.05, 0) is 35.9 Å². The van der Waals surface area contributed by atoms with E-state index in [-0.39, 0.29) is 27.3 Å². The van der Waals surface area contributed by atoms with Gasteiger partial charge in [0.2, 0.25) is 0 Å². The lowest BCUT2D eigenvalue weighted by Gasteiger charge is -2.22. The molecule has 3 aromatic rings. The third-order valence-corrected chi connectivity index (χ3v) is 5.44. The lowest BCUT2D eigenvalue weighted by Crippen LogP contribution is -2.28. The summed E-state index contributed by atoms with van der Waals surface area (Å²) in [6.45, 7) is 0. The van der Waals surface area contributed by atoms with Crippen molar-refractivity contribution < 1.29 is 32.6 Å². The van der Waals surface area contributed by atoms with E-state index in [0.29, 0.717) is 11.4 Å². The molecule has 0 aliphatic rings. The number of anilines is 1. The number of carbonyl (C=O) groups is 2. The number of amides is 1. The van der Waals surface area contributed by atoms with Crippen LogP contribution in [0.5, 0.6) is 5.75 Å². The van der Waals surface area contributed by atoms with Crippen molar-refractivity contribution in [2.75, 3.05) is 19.1 Å². The zero-order valence-corrected chi connectivity index (χ0v) is 19.1. The number of methoxy groups -OCH3 is 1. The first kappa shape index (κ1) is 25.5. The Morgan fingerprint density at radius 3 is 2.51 bits per heavy atom. The average molecular weight is 504 g/mol. The number of hydrogen-bond acceptors (Lipinski definition) is 5. The van der Waals surface area contributed by atoms with Gasteiger partial charge in [-0.25, -0.2) is 0 Å². The van der Waals surface area contributed by atoms with Crippen LogP contribution < -0.4 is 9.64 Å². The Labute approximate surface area is 203 Å². The molecule has 2 aromatic carbocycles. The number of nitriles is 1. The van der Waals surface area contributed by atoms with Crippen molar-refractivity contribution in [3.8, 4) is 22.9 Å². The second-order valence-electron chi connectivity index (χ2n) is 7.29. The fourth-order valence-corrected chi connectivity index (χ4v) is 3.83. The minimum Gasteiger partial charge on any atom is -0.495 e. The first-order valence-electron chi connectivity index (χ1n) is 9.91. The molecule has 0 aliphatic carbocycles. The van der Waals surface area contributed by atoms with Crippen LogP contribution in [-0.2, 0) is 17.4 Å². The van der Waals surface area contributed by atoms with Crippen molar-refractivity contribution in [1.29, 1.82) is 5.26 Å². The molecule has 0 bridgehead atoms. The van der Waals surface area contributed by atoms with Gasteiger partial charge in [0.1, 0.15) is 5.75 Å². The summed E-state index contributed by atoms with van der Waals surface area (Å²) < 4.78 is 46.5. The van der Waals surface area contributed by atoms with E-state index in [1.165, 1.54) is 19.1 Å². The van der Waals surface area contributed by atoms with Gasteiger partial charge >= 0.3 is 12.1 Å². The number of ether oxygens (including phenoxy) is 1. The Morgan fingerprint density at radius 2 is 1.91 bits per heavy atom. The molecule has 180 valence electrons. The lowest BCUT2D eigenvalue weighted by molar-refractivity contribution is -0.140. The molecule has 1 N–H and O–H groups in total. The largest absolute Gasteiger partial charge is 0.495 e. The molecule has 0 fully saturated rings. The molecule has 0 saturated carbocycles. The summed E-state index contributed by atoms with van der Waals surface area (Å²) >= 11 is 6.28. The molecule has 35 heavy (non-hydrogen) atoms. The Morgan fingerprint density at radius 1 is 1.23 bits per heavy atom. The Balaban J connectivity index is 2.29. The fourth-order valence-electron chi connectivity index (χ4n) is 3.55. The van der Waals surface area contributed by atoms with Gasteiger partial charge in [-0.2, -0.15) is 18.4 Å². The van der Waals surface area contributed by atoms with Crippen molar-refractivity contribution in [2.24, 2.45) is 0 Å². The molecule has 11 heteroatoms. The molecule has 1 heterocycles. The summed E-state index contributed by atoms with van der Waals surface area (Å²) in [5.41, 5.74) is -2.50. The summed E-state index contributed by atoms with van der Waals surface area (Å²) in [5, 5.41) is 18.5. The summed E-state index contributed by atoms with van der Waals surface area (Å²) in [4.78, 5) is 29.5. The number of para-hydroxylation sites is 2. The van der Waals surface area contributed by atoms with Gasteiger partial charge in [0.15, 0.2) is 5.69 Å². The molecule has 1 amide bonds. The third-order valence-electron chi connectivity index (χ3n) is 5.13. The van der Waals surface area contributed by atoms with Crippen LogP contribution in [0.4, 0.5) is 18.9 Å². The van der Waals surface area contributed by atoms with Crippen LogP contribution in [0.15, 0.2) is 48.7 Å². The second kappa shape index (κ2) is 10.0. The number of pyridine rings is 1. The number of halogens is 4. The SMILES string of the molecule is COc1ccccc1N(C)C(=O)c1cc(-c2c(C#N)ccnc2C(F)(F)F)c(Cl)cc1CC(=O)O. The van der Waals surface area contributed by atoms with E-state index in [1.54, 1.807) is 30.3 Å². The molecular formula is C24H17ClF3N3O4. The van der Waals surface area contributed by atoms with Gasteiger partial charge in [0.25, 0.3) is 5.91 Å². The normalized spacial score (nSPS) is 11.0. The summed E-state index contributed by atoms with van der Waals surface area (Å²) in [5.74, 6) is -1.66. The number of aliphatic carboxylic acids is 1. The highest BCUT2D eigenvalue weighted by Gasteiger charge is 2.38. The van der Waals surface area contributed by atoms with E-state index in [1.807, 2.05) is 0 Å². The predicted molar refractivity (Wildman–Crippen MR) is 121 cm³/mol. The number of benzene rings is 2. The van der Waals surface area contributed by atoms with Gasteiger partial charge in [-0.1, -0.05) is 23.7 Å². The summed E-state index contributed by atoms with van der Waals surface area (Å²) in [6.07, 6.45) is -4.70. The molecule has 0 aliphatic heterocycles. The van der Waals surface area contributed by atoms with Crippen molar-refractivity contribution in [2.45, 2.75) is 12.6 Å². The van der Waals surface area contributed by atoms with E-state index in [0.717, 1.165) is 24.4 Å². The van der Waals surface area contributed by atoms with Crippen LogP contribution in [0, 0.1) is 11.3 Å². The number of carboxylic acids is 1. The highest BCUT2D eigenvalue weighted by molar-refractivity contribution is 6.34. The zero-order chi connectivity index (χ0) is 25.9. The third kappa shape index (κ3) is 5.20. The number of hydrogen-bond donors (Lipinski definition) is 1. The molecule has 1 aromatic heterocycles. The van der Waals surface area contributed by atoms with E-state index in [4.69, 9.17) is 16.3 Å². The minimum absolute atomic E-state index is 0.0195. The standard InChI is InChI=1S/C24H17ClF3N3O4/c1-31(18-5-3-4-6-19(18)35-2)23(34)15-11-16(17(25)9-14(15)10-20(32)33)21-13(12-29)7-8-30-22(21)24(26,27)28/h3-9,11H,10H2,1-2H3,(H,32,33). The first-order chi connectivity index (χ1) is 16.5. The maximum Gasteiger partial charge on any atom is 0.434 e. The maximum atomic E-state index is 13.7. The smallest absolute Gasteiger partial charge is 0.434 e. The number of nitrogens with zero attached hydrogens (tertiary/aromatic N) is 3. The monoisotopic (exact) mass is 503 g/mol. The van der Waals surface area contributed by atoms with Gasteiger partial charge < -0.3 is 14.7 Å². The molecule has 7 nitrogen and oxygen atoms in total. The fraction of sp³-hybridized carbons (Fsp3) is 0.167. The highest BCUT2D eigenvalue weighted by Crippen LogP contribution is 2.41. The number of carboxylic acid groups (broad SMARTS) is 1. The molecule has 0 spiro atoms. The molecule has 0 unspecified atom stereocenters. The van der Waals surface area contributed by atoms with Crippen LogP contribution >= 0.6 is 11.6 Å². The Kier molecular flexibility index (Phi) is 7.31. The first-order valence-corrected chi connectivity index (χ1v) is 10.3. The van der Waals surface area contributed by atoms with Crippen LogP contribution in [0.2, 0.25) is 5.02 Å². The van der Waals surface area contributed by atoms with Gasteiger partial charge in [-0.3, -0.25) is 14.6 Å². The van der Waals surface area contributed by atoms with Crippen molar-refractivity contribution in [1.82, 2.24) is 4.98 Å². The Bertz CT molecular complexity index is 1350. The average Bonchev–Trinajstić information content (AvgIpc) is 2.82.